The monoisotopic (exact) mass is 422 g/mol. The molecule has 9 heteroatoms. The number of hydrogen-bond donors (Lipinski definition) is 5. The Bertz CT molecular complexity index is 822. The minimum atomic E-state index is -1.54. The summed E-state index contributed by atoms with van der Waals surface area (Å²) in [5, 5.41) is 53.4. The van der Waals surface area contributed by atoms with Gasteiger partial charge in [0.15, 0.2) is 0 Å². The molecule has 0 spiro atoms. The predicted molar refractivity (Wildman–Crippen MR) is 107 cm³/mol. The first kappa shape index (κ1) is 22.7. The van der Waals surface area contributed by atoms with E-state index in [9.17, 15) is 25.5 Å². The fourth-order valence-electron chi connectivity index (χ4n) is 3.54. The Balaban J connectivity index is 1.88. The number of hydrogen-bond acceptors (Lipinski definition) is 8. The van der Waals surface area contributed by atoms with Crippen LogP contribution < -0.4 is 4.74 Å². The Labute approximate surface area is 175 Å². The van der Waals surface area contributed by atoms with Crippen LogP contribution in [0.15, 0.2) is 24.3 Å². The molecule has 2 aromatic rings. The van der Waals surface area contributed by atoms with Crippen molar-refractivity contribution in [3.63, 3.8) is 0 Å². The summed E-state index contributed by atoms with van der Waals surface area (Å²) in [4.78, 5) is 0. The smallest absolute Gasteiger partial charge is 0.239 e. The van der Waals surface area contributed by atoms with Crippen LogP contribution in [-0.2, 0) is 24.1 Å². The molecule has 2 heterocycles. The van der Waals surface area contributed by atoms with Crippen LogP contribution in [0.25, 0.3) is 0 Å². The maximum atomic E-state index is 10.3. The summed E-state index contributed by atoms with van der Waals surface area (Å²) in [7, 11) is 0. The Morgan fingerprint density at radius 3 is 2.30 bits per heavy atom. The molecule has 166 valence electrons. The lowest BCUT2D eigenvalue weighted by atomic mass is 9.99. The van der Waals surface area contributed by atoms with Gasteiger partial charge in [0, 0.05) is 17.7 Å². The third kappa shape index (κ3) is 4.66. The minimum Gasteiger partial charge on any atom is -0.443 e. The lowest BCUT2D eigenvalue weighted by Crippen LogP contribution is -2.60. The molecule has 3 rings (SSSR count). The Morgan fingerprint density at radius 1 is 1.03 bits per heavy atom. The lowest BCUT2D eigenvalue weighted by Gasteiger charge is -2.39. The number of aryl methyl sites for hydroxylation is 1. The summed E-state index contributed by atoms with van der Waals surface area (Å²) < 4.78 is 12.9. The fourth-order valence-corrected chi connectivity index (χ4v) is 3.54. The molecule has 0 bridgehead atoms. The molecular formula is C21H30N2O7. The van der Waals surface area contributed by atoms with E-state index in [1.807, 2.05) is 19.1 Å². The lowest BCUT2D eigenvalue weighted by molar-refractivity contribution is -0.278. The number of nitrogens with zero attached hydrogens (tertiary/aromatic N) is 2. The van der Waals surface area contributed by atoms with E-state index in [0.29, 0.717) is 6.42 Å². The third-order valence-electron chi connectivity index (χ3n) is 5.49. The zero-order chi connectivity index (χ0) is 21.8. The quantitative estimate of drug-likeness (QED) is 0.385. The molecule has 1 aromatic carbocycles. The summed E-state index contributed by atoms with van der Waals surface area (Å²) in [6.45, 7) is 3.57. The molecule has 0 unspecified atom stereocenters. The van der Waals surface area contributed by atoms with Gasteiger partial charge >= 0.3 is 0 Å². The van der Waals surface area contributed by atoms with Gasteiger partial charge in [-0.2, -0.15) is 0 Å². The third-order valence-corrected chi connectivity index (χ3v) is 5.49. The van der Waals surface area contributed by atoms with E-state index < -0.39 is 37.3 Å². The second-order valence-corrected chi connectivity index (χ2v) is 7.48. The molecule has 0 saturated carbocycles. The molecule has 1 aliphatic heterocycles. The molecular weight excluding hydrogens is 392 g/mol. The van der Waals surface area contributed by atoms with Crippen LogP contribution in [0.2, 0.25) is 0 Å². The van der Waals surface area contributed by atoms with Crippen LogP contribution in [0.3, 0.4) is 0 Å². The van der Waals surface area contributed by atoms with Crippen LogP contribution >= 0.6 is 0 Å². The highest BCUT2D eigenvalue weighted by Crippen LogP contribution is 2.29. The highest BCUT2D eigenvalue weighted by atomic mass is 16.7. The molecule has 5 N–H and O–H groups in total. The Morgan fingerprint density at radius 2 is 1.70 bits per heavy atom. The molecule has 0 amide bonds. The van der Waals surface area contributed by atoms with Gasteiger partial charge in [0.2, 0.25) is 12.2 Å². The van der Waals surface area contributed by atoms with Crippen molar-refractivity contribution in [3.05, 3.63) is 46.6 Å². The normalized spacial score (nSPS) is 26.7. The molecule has 0 radical (unpaired) electrons. The fraction of sp³-hybridized carbons (Fsp3) is 0.571. The number of rotatable bonds is 8. The largest absolute Gasteiger partial charge is 0.443 e. The van der Waals surface area contributed by atoms with Gasteiger partial charge in [-0.05, 0) is 24.5 Å². The van der Waals surface area contributed by atoms with Gasteiger partial charge in [-0.25, -0.2) is 0 Å². The number of aliphatic hydroxyl groups is 5. The van der Waals surface area contributed by atoms with Crippen molar-refractivity contribution in [1.82, 2.24) is 9.78 Å². The van der Waals surface area contributed by atoms with E-state index in [1.54, 1.807) is 4.68 Å². The van der Waals surface area contributed by atoms with Crippen LogP contribution in [0.1, 0.15) is 29.3 Å². The van der Waals surface area contributed by atoms with E-state index in [-0.39, 0.29) is 19.0 Å². The average molecular weight is 422 g/mol. The second kappa shape index (κ2) is 9.86. The van der Waals surface area contributed by atoms with Crippen molar-refractivity contribution in [2.75, 3.05) is 13.2 Å². The maximum absolute atomic E-state index is 10.3. The van der Waals surface area contributed by atoms with Gasteiger partial charge in [-0.1, -0.05) is 31.2 Å². The minimum absolute atomic E-state index is 0.105. The van der Waals surface area contributed by atoms with Crippen molar-refractivity contribution < 1.29 is 35.0 Å². The highest BCUT2D eigenvalue weighted by Gasteiger charge is 2.45. The zero-order valence-corrected chi connectivity index (χ0v) is 17.2. The topological polar surface area (TPSA) is 137 Å². The van der Waals surface area contributed by atoms with E-state index in [1.165, 1.54) is 5.56 Å². The molecule has 9 nitrogen and oxygen atoms in total. The van der Waals surface area contributed by atoms with Gasteiger partial charge in [0.25, 0.3) is 0 Å². The average Bonchev–Trinajstić information content (AvgIpc) is 3.03. The van der Waals surface area contributed by atoms with Crippen LogP contribution in [-0.4, -0.2) is 79.2 Å². The van der Waals surface area contributed by atoms with Crippen molar-refractivity contribution in [2.45, 2.75) is 63.9 Å². The van der Waals surface area contributed by atoms with E-state index in [4.69, 9.17) is 9.47 Å². The molecule has 1 aliphatic rings. The van der Waals surface area contributed by atoms with Gasteiger partial charge in [-0.3, -0.25) is 4.68 Å². The number of aliphatic hydroxyl groups excluding tert-OH is 5. The van der Waals surface area contributed by atoms with Gasteiger partial charge in [-0.15, -0.1) is 5.10 Å². The van der Waals surface area contributed by atoms with Gasteiger partial charge < -0.3 is 35.0 Å². The molecule has 30 heavy (non-hydrogen) atoms. The van der Waals surface area contributed by atoms with E-state index >= 15 is 0 Å². The summed E-state index contributed by atoms with van der Waals surface area (Å²) >= 11 is 0. The van der Waals surface area contributed by atoms with Crippen molar-refractivity contribution in [1.29, 1.82) is 0 Å². The first-order valence-corrected chi connectivity index (χ1v) is 10.1. The van der Waals surface area contributed by atoms with Crippen LogP contribution in [0.4, 0.5) is 0 Å². The highest BCUT2D eigenvalue weighted by molar-refractivity contribution is 5.37. The van der Waals surface area contributed by atoms with Crippen molar-refractivity contribution >= 4 is 0 Å². The second-order valence-electron chi connectivity index (χ2n) is 7.48. The van der Waals surface area contributed by atoms with Gasteiger partial charge in [0.1, 0.15) is 24.4 Å². The zero-order valence-electron chi connectivity index (χ0n) is 17.2. The van der Waals surface area contributed by atoms with Crippen LogP contribution in [0.5, 0.6) is 5.88 Å². The van der Waals surface area contributed by atoms with Crippen molar-refractivity contribution in [2.24, 2.45) is 0 Å². The standard InChI is InChI=1S/C21H30N2O7/c1-3-13-4-6-14(7-5-13)10-15-12(2)23(8-9-24)22-20(15)30-21-19(28)18(27)17(26)16(11-25)29-21/h4-7,16-19,21,24-28H,3,8-11H2,1-2H3/t16-,17-,18+,19-,21+/m1/s1. The Kier molecular flexibility index (Phi) is 7.45. The van der Waals surface area contributed by atoms with Gasteiger partial charge in [0.05, 0.1) is 19.8 Å². The first-order chi connectivity index (χ1) is 14.4. The Hall–Kier alpha value is -2.01. The summed E-state index contributed by atoms with van der Waals surface area (Å²) in [5.41, 5.74) is 3.81. The number of aromatic nitrogens is 2. The molecule has 1 fully saturated rings. The van der Waals surface area contributed by atoms with E-state index in [2.05, 4.69) is 24.2 Å². The number of benzene rings is 1. The summed E-state index contributed by atoms with van der Waals surface area (Å²) in [6, 6.07) is 8.17. The van der Waals surface area contributed by atoms with Crippen molar-refractivity contribution in [3.8, 4) is 5.88 Å². The molecule has 5 atom stereocenters. The molecule has 1 aromatic heterocycles. The molecule has 0 aliphatic carbocycles. The SMILES string of the molecule is CCc1ccc(Cc2c(O[C@@H]3O[C@H](CO)[C@@H](O)[C@H](O)[C@H]3O)nn(CCO)c2C)cc1. The predicted octanol–water partition coefficient (Wildman–Crippen LogP) is -0.484. The number of ether oxygens (including phenoxy) is 2. The summed E-state index contributed by atoms with van der Waals surface area (Å²) in [5.74, 6) is 0.199. The summed E-state index contributed by atoms with van der Waals surface area (Å²) in [6.07, 6.45) is -5.46. The maximum Gasteiger partial charge on any atom is 0.239 e. The van der Waals surface area contributed by atoms with E-state index in [0.717, 1.165) is 23.2 Å². The first-order valence-electron chi connectivity index (χ1n) is 10.1. The molecule has 1 saturated heterocycles. The van der Waals surface area contributed by atoms with Crippen LogP contribution in [0, 0.1) is 6.92 Å².